The van der Waals surface area contributed by atoms with Crippen LogP contribution < -0.4 is 14.5 Å². The highest BCUT2D eigenvalue weighted by Crippen LogP contribution is 2.33. The second-order valence-electron chi connectivity index (χ2n) is 6.72. The first-order chi connectivity index (χ1) is 13.7. The van der Waals surface area contributed by atoms with E-state index in [4.69, 9.17) is 4.74 Å². The summed E-state index contributed by atoms with van der Waals surface area (Å²) in [5, 5.41) is 0. The molecule has 0 fully saturated rings. The summed E-state index contributed by atoms with van der Waals surface area (Å²) in [6, 6.07) is 25.5. The highest BCUT2D eigenvalue weighted by atomic mass is 16.5. The molecule has 0 atom stereocenters. The average Bonchev–Trinajstić information content (AvgIpc) is 2.75. The largest absolute Gasteiger partial charge is 0.497 e. The fourth-order valence-corrected chi connectivity index (χ4v) is 3.35. The van der Waals surface area contributed by atoms with E-state index in [2.05, 4.69) is 6.08 Å². The Kier molecular flexibility index (Phi) is 4.85. The lowest BCUT2D eigenvalue weighted by atomic mass is 10.1. The zero-order valence-corrected chi connectivity index (χ0v) is 16.0. The van der Waals surface area contributed by atoms with Crippen LogP contribution in [0, 0.1) is 6.92 Å². The molecule has 2 amide bonds. The number of ether oxygens (including phenoxy) is 1. The lowest BCUT2D eigenvalue weighted by Gasteiger charge is -2.36. The summed E-state index contributed by atoms with van der Waals surface area (Å²) >= 11 is 0. The topological polar surface area (TPSA) is 32.8 Å². The number of aryl methyl sites for hydroxylation is 1. The van der Waals surface area contributed by atoms with Crippen LogP contribution in [0.15, 0.2) is 84.9 Å². The molecule has 1 aliphatic heterocycles. The molecule has 0 spiro atoms. The van der Waals surface area contributed by atoms with E-state index in [1.165, 1.54) is 5.56 Å². The molecular formula is C24H22N2O2. The minimum atomic E-state index is -0.0737. The van der Waals surface area contributed by atoms with Gasteiger partial charge < -0.3 is 4.74 Å². The van der Waals surface area contributed by atoms with Crippen molar-refractivity contribution in [3.63, 3.8) is 0 Å². The van der Waals surface area contributed by atoms with Gasteiger partial charge in [0.15, 0.2) is 0 Å². The Morgan fingerprint density at radius 2 is 1.46 bits per heavy atom. The predicted octanol–water partition coefficient (Wildman–Crippen LogP) is 5.49. The third kappa shape index (κ3) is 3.37. The van der Waals surface area contributed by atoms with Crippen LogP contribution >= 0.6 is 0 Å². The molecule has 3 aromatic carbocycles. The van der Waals surface area contributed by atoms with Crippen LogP contribution in [0.1, 0.15) is 11.1 Å². The first-order valence-corrected chi connectivity index (χ1v) is 9.25. The number of hydrogen-bond donors (Lipinski definition) is 0. The van der Waals surface area contributed by atoms with E-state index in [1.54, 1.807) is 16.9 Å². The van der Waals surface area contributed by atoms with Gasteiger partial charge in [-0.2, -0.15) is 0 Å². The van der Waals surface area contributed by atoms with E-state index in [0.717, 1.165) is 28.4 Å². The molecule has 4 heteroatoms. The molecule has 0 radical (unpaired) electrons. The van der Waals surface area contributed by atoms with E-state index in [9.17, 15) is 4.79 Å². The van der Waals surface area contributed by atoms with Gasteiger partial charge in [-0.15, -0.1) is 0 Å². The van der Waals surface area contributed by atoms with Crippen LogP contribution in [0.25, 0.3) is 5.70 Å². The number of hydrogen-bond acceptors (Lipinski definition) is 2. The Hall–Kier alpha value is -3.53. The molecule has 4 nitrogen and oxygen atoms in total. The predicted molar refractivity (Wildman–Crippen MR) is 114 cm³/mol. The van der Waals surface area contributed by atoms with E-state index < -0.39 is 0 Å². The maximum absolute atomic E-state index is 13.5. The summed E-state index contributed by atoms with van der Waals surface area (Å²) in [7, 11) is 1.63. The Balaban J connectivity index is 1.78. The van der Waals surface area contributed by atoms with Crippen molar-refractivity contribution in [3.8, 4) is 5.75 Å². The number of benzene rings is 3. The van der Waals surface area contributed by atoms with Crippen molar-refractivity contribution >= 4 is 23.1 Å². The van der Waals surface area contributed by atoms with Gasteiger partial charge in [0.2, 0.25) is 0 Å². The Labute approximate surface area is 165 Å². The van der Waals surface area contributed by atoms with Gasteiger partial charge in [0.25, 0.3) is 0 Å². The summed E-state index contributed by atoms with van der Waals surface area (Å²) in [6.45, 7) is 2.57. The molecule has 4 rings (SSSR count). The molecule has 0 saturated carbocycles. The van der Waals surface area contributed by atoms with Gasteiger partial charge in [0.1, 0.15) is 5.75 Å². The lowest BCUT2D eigenvalue weighted by Crippen LogP contribution is -2.46. The molecule has 1 aliphatic rings. The number of methoxy groups -OCH3 is 1. The number of anilines is 2. The zero-order valence-electron chi connectivity index (χ0n) is 16.0. The molecule has 1 heterocycles. The van der Waals surface area contributed by atoms with Crippen LogP contribution in [-0.2, 0) is 0 Å². The van der Waals surface area contributed by atoms with Crippen LogP contribution in [0.4, 0.5) is 16.2 Å². The maximum atomic E-state index is 13.5. The highest BCUT2D eigenvalue weighted by molar-refractivity contribution is 6.14. The Morgan fingerprint density at radius 3 is 2.11 bits per heavy atom. The van der Waals surface area contributed by atoms with E-state index >= 15 is 0 Å². The highest BCUT2D eigenvalue weighted by Gasteiger charge is 2.30. The standard InChI is InChI=1S/C24H22N2O2/c1-18-8-10-20(11-9-18)25-17-16-23(19-6-4-3-5-7-19)26(24(25)27)21-12-14-22(28-2)15-13-21/h3-16H,17H2,1-2H3. The molecule has 28 heavy (non-hydrogen) atoms. The summed E-state index contributed by atoms with van der Waals surface area (Å²) in [5.74, 6) is 0.758. The number of rotatable bonds is 4. The number of amides is 2. The van der Waals surface area contributed by atoms with E-state index in [0.29, 0.717) is 6.54 Å². The smallest absolute Gasteiger partial charge is 0.333 e. The second kappa shape index (κ2) is 7.61. The summed E-state index contributed by atoms with van der Waals surface area (Å²) < 4.78 is 5.27. The normalized spacial score (nSPS) is 14.1. The van der Waals surface area contributed by atoms with Crippen LogP contribution in [0.3, 0.4) is 0 Å². The van der Waals surface area contributed by atoms with Gasteiger partial charge in [-0.25, -0.2) is 4.79 Å². The minimum absolute atomic E-state index is 0.0737. The van der Waals surface area contributed by atoms with Crippen molar-refractivity contribution in [2.75, 3.05) is 23.5 Å². The lowest BCUT2D eigenvalue weighted by molar-refractivity contribution is 0.253. The third-order valence-electron chi connectivity index (χ3n) is 4.88. The molecule has 3 aromatic rings. The number of carbonyl (C=O) groups excluding carboxylic acids is 1. The van der Waals surface area contributed by atoms with Crippen LogP contribution in [0.5, 0.6) is 5.75 Å². The molecule has 0 bridgehead atoms. The monoisotopic (exact) mass is 370 g/mol. The SMILES string of the molecule is COc1ccc(N2C(=O)N(c3ccc(C)cc3)CC=C2c2ccccc2)cc1. The Bertz CT molecular complexity index is 993. The average molecular weight is 370 g/mol. The van der Waals surface area contributed by atoms with Crippen molar-refractivity contribution in [2.24, 2.45) is 0 Å². The molecular weight excluding hydrogens is 348 g/mol. The molecule has 0 N–H and O–H groups in total. The summed E-state index contributed by atoms with van der Waals surface area (Å²) in [6.07, 6.45) is 2.10. The van der Waals surface area contributed by atoms with E-state index in [-0.39, 0.29) is 6.03 Å². The van der Waals surface area contributed by atoms with Crippen molar-refractivity contribution in [3.05, 3.63) is 96.1 Å². The zero-order chi connectivity index (χ0) is 19.5. The fraction of sp³-hybridized carbons (Fsp3) is 0.125. The third-order valence-corrected chi connectivity index (χ3v) is 4.88. The summed E-state index contributed by atoms with van der Waals surface area (Å²) in [5.41, 5.74) is 4.75. The molecule has 140 valence electrons. The van der Waals surface area contributed by atoms with Gasteiger partial charge in [-0.05, 0) is 55.0 Å². The first-order valence-electron chi connectivity index (χ1n) is 9.25. The van der Waals surface area contributed by atoms with Crippen molar-refractivity contribution in [1.82, 2.24) is 0 Å². The van der Waals surface area contributed by atoms with Gasteiger partial charge in [0.05, 0.1) is 18.5 Å². The Morgan fingerprint density at radius 1 is 0.821 bits per heavy atom. The minimum Gasteiger partial charge on any atom is -0.497 e. The second-order valence-corrected chi connectivity index (χ2v) is 6.72. The fourth-order valence-electron chi connectivity index (χ4n) is 3.35. The maximum Gasteiger partial charge on any atom is 0.333 e. The van der Waals surface area contributed by atoms with Gasteiger partial charge in [-0.3, -0.25) is 9.80 Å². The van der Waals surface area contributed by atoms with Gasteiger partial charge >= 0.3 is 6.03 Å². The van der Waals surface area contributed by atoms with Crippen LogP contribution in [0.2, 0.25) is 0 Å². The molecule has 0 unspecified atom stereocenters. The van der Waals surface area contributed by atoms with E-state index in [1.807, 2.05) is 85.8 Å². The molecule has 0 aromatic heterocycles. The number of carbonyl (C=O) groups is 1. The number of nitrogens with zero attached hydrogens (tertiary/aromatic N) is 2. The number of urea groups is 1. The summed E-state index contributed by atoms with van der Waals surface area (Å²) in [4.78, 5) is 17.1. The molecule has 0 aliphatic carbocycles. The first kappa shape index (κ1) is 17.9. The quantitative estimate of drug-likeness (QED) is 0.608. The van der Waals surface area contributed by atoms with Gasteiger partial charge in [0, 0.05) is 12.2 Å². The van der Waals surface area contributed by atoms with Crippen LogP contribution in [-0.4, -0.2) is 19.7 Å². The van der Waals surface area contributed by atoms with Gasteiger partial charge in [-0.1, -0.05) is 48.0 Å². The van der Waals surface area contributed by atoms with Crippen molar-refractivity contribution in [1.29, 1.82) is 0 Å². The van der Waals surface area contributed by atoms with Crippen molar-refractivity contribution in [2.45, 2.75) is 6.92 Å². The van der Waals surface area contributed by atoms with Crippen molar-refractivity contribution < 1.29 is 9.53 Å². The molecule has 0 saturated heterocycles.